The van der Waals surface area contributed by atoms with Gasteiger partial charge in [-0.3, -0.25) is 4.79 Å². The SMILES string of the molecule is O=C1CSC(c2ccc3ccccc3n2)N1CCc1cccs1. The molecule has 1 aromatic carbocycles. The lowest BCUT2D eigenvalue weighted by atomic mass is 10.2. The maximum Gasteiger partial charge on any atom is 0.233 e. The molecule has 1 amide bonds. The minimum Gasteiger partial charge on any atom is -0.324 e. The van der Waals surface area contributed by atoms with Crippen LogP contribution in [0, 0.1) is 0 Å². The lowest BCUT2D eigenvalue weighted by Gasteiger charge is -2.23. The van der Waals surface area contributed by atoms with Gasteiger partial charge in [0.1, 0.15) is 5.37 Å². The van der Waals surface area contributed by atoms with Gasteiger partial charge in [0.2, 0.25) is 5.91 Å². The Morgan fingerprint density at radius 2 is 2.04 bits per heavy atom. The lowest BCUT2D eigenvalue weighted by molar-refractivity contribution is -0.128. The van der Waals surface area contributed by atoms with E-state index in [1.165, 1.54) is 4.88 Å². The van der Waals surface area contributed by atoms with Gasteiger partial charge in [-0.15, -0.1) is 23.1 Å². The molecule has 1 fully saturated rings. The molecule has 0 radical (unpaired) electrons. The van der Waals surface area contributed by atoms with Gasteiger partial charge in [-0.25, -0.2) is 4.98 Å². The van der Waals surface area contributed by atoms with Crippen molar-refractivity contribution in [2.24, 2.45) is 0 Å². The van der Waals surface area contributed by atoms with Crippen LogP contribution >= 0.6 is 23.1 Å². The maximum absolute atomic E-state index is 12.3. The second-order valence-electron chi connectivity index (χ2n) is 5.51. The van der Waals surface area contributed by atoms with Crippen molar-refractivity contribution in [3.05, 3.63) is 64.5 Å². The maximum atomic E-state index is 12.3. The summed E-state index contributed by atoms with van der Waals surface area (Å²) in [5, 5.41) is 3.25. The molecule has 1 atom stereocenters. The minimum absolute atomic E-state index is 0.0343. The van der Waals surface area contributed by atoms with Gasteiger partial charge in [0, 0.05) is 16.8 Å². The predicted octanol–water partition coefficient (Wildman–Crippen LogP) is 4.11. The van der Waals surface area contributed by atoms with E-state index in [9.17, 15) is 4.79 Å². The number of hydrogen-bond acceptors (Lipinski definition) is 4. The van der Waals surface area contributed by atoms with Crippen molar-refractivity contribution in [3.63, 3.8) is 0 Å². The first-order valence-corrected chi connectivity index (χ1v) is 9.53. The van der Waals surface area contributed by atoms with E-state index in [2.05, 4.69) is 35.7 Å². The van der Waals surface area contributed by atoms with Gasteiger partial charge in [-0.1, -0.05) is 30.3 Å². The normalized spacial score (nSPS) is 18.0. The van der Waals surface area contributed by atoms with Crippen molar-refractivity contribution in [1.29, 1.82) is 0 Å². The topological polar surface area (TPSA) is 33.2 Å². The van der Waals surface area contributed by atoms with Crippen molar-refractivity contribution >= 4 is 39.9 Å². The third-order valence-electron chi connectivity index (χ3n) is 4.02. The van der Waals surface area contributed by atoms with Crippen LogP contribution in [-0.2, 0) is 11.2 Å². The van der Waals surface area contributed by atoms with E-state index in [1.54, 1.807) is 23.1 Å². The highest BCUT2D eigenvalue weighted by molar-refractivity contribution is 8.00. The molecule has 0 aliphatic carbocycles. The number of hydrogen-bond donors (Lipinski definition) is 0. The summed E-state index contributed by atoms with van der Waals surface area (Å²) in [6.07, 6.45) is 0.911. The second kappa shape index (κ2) is 6.34. The number of thioether (sulfide) groups is 1. The molecule has 3 aromatic rings. The van der Waals surface area contributed by atoms with Crippen molar-refractivity contribution < 1.29 is 4.79 Å². The molecule has 0 spiro atoms. The Labute approximate surface area is 143 Å². The van der Waals surface area contributed by atoms with Gasteiger partial charge < -0.3 is 4.90 Å². The summed E-state index contributed by atoms with van der Waals surface area (Å²) in [5.74, 6) is 0.760. The van der Waals surface area contributed by atoms with Crippen LogP contribution in [0.25, 0.3) is 10.9 Å². The van der Waals surface area contributed by atoms with Gasteiger partial charge in [0.15, 0.2) is 0 Å². The van der Waals surface area contributed by atoms with E-state index >= 15 is 0 Å². The molecule has 1 aliphatic heterocycles. The number of aromatic nitrogens is 1. The first-order valence-electron chi connectivity index (χ1n) is 7.60. The fourth-order valence-electron chi connectivity index (χ4n) is 2.85. The molecule has 1 saturated heterocycles. The van der Waals surface area contributed by atoms with Gasteiger partial charge in [-0.05, 0) is 30.0 Å². The zero-order valence-electron chi connectivity index (χ0n) is 12.5. The summed E-state index contributed by atoms with van der Waals surface area (Å²) >= 11 is 3.42. The molecule has 0 saturated carbocycles. The Kier molecular flexibility index (Phi) is 4.06. The van der Waals surface area contributed by atoms with E-state index in [-0.39, 0.29) is 11.3 Å². The number of fused-ring (bicyclic) bond motifs is 1. The third-order valence-corrected chi connectivity index (χ3v) is 6.18. The second-order valence-corrected chi connectivity index (χ2v) is 7.61. The number of amides is 1. The number of carbonyl (C=O) groups is 1. The predicted molar refractivity (Wildman–Crippen MR) is 96.7 cm³/mol. The Morgan fingerprint density at radius 1 is 1.13 bits per heavy atom. The van der Waals surface area contributed by atoms with Crippen LogP contribution in [-0.4, -0.2) is 28.1 Å². The average Bonchev–Trinajstić information content (AvgIpc) is 3.22. The molecule has 116 valence electrons. The molecule has 23 heavy (non-hydrogen) atoms. The van der Waals surface area contributed by atoms with Crippen LogP contribution < -0.4 is 0 Å². The summed E-state index contributed by atoms with van der Waals surface area (Å²) in [7, 11) is 0. The third kappa shape index (κ3) is 2.99. The molecule has 2 aromatic heterocycles. The molecule has 5 heteroatoms. The Hall–Kier alpha value is -1.85. The zero-order valence-corrected chi connectivity index (χ0v) is 14.1. The minimum atomic E-state index is 0.0343. The van der Waals surface area contributed by atoms with Crippen LogP contribution in [0.15, 0.2) is 53.9 Å². The van der Waals surface area contributed by atoms with E-state index < -0.39 is 0 Å². The molecule has 3 nitrogen and oxygen atoms in total. The van der Waals surface area contributed by atoms with Crippen molar-refractivity contribution in [3.8, 4) is 0 Å². The molecular formula is C18H16N2OS2. The van der Waals surface area contributed by atoms with Gasteiger partial charge in [-0.2, -0.15) is 0 Å². The number of benzene rings is 1. The van der Waals surface area contributed by atoms with E-state index in [0.717, 1.165) is 29.6 Å². The highest BCUT2D eigenvalue weighted by atomic mass is 32.2. The molecular weight excluding hydrogens is 324 g/mol. The number of thiophene rings is 1. The van der Waals surface area contributed by atoms with Crippen LogP contribution in [0.3, 0.4) is 0 Å². The number of pyridine rings is 1. The standard InChI is InChI=1S/C18H16N2OS2/c21-17-12-23-18(20(17)10-9-14-5-3-11-22-14)16-8-7-13-4-1-2-6-15(13)19-16/h1-8,11,18H,9-10,12H2. The quantitative estimate of drug-likeness (QED) is 0.716. The lowest BCUT2D eigenvalue weighted by Crippen LogP contribution is -2.30. The number of carbonyl (C=O) groups excluding carboxylic acids is 1. The highest BCUT2D eigenvalue weighted by Gasteiger charge is 2.33. The summed E-state index contributed by atoms with van der Waals surface area (Å²) in [4.78, 5) is 20.3. The Balaban J connectivity index is 1.58. The number of para-hydroxylation sites is 1. The monoisotopic (exact) mass is 340 g/mol. The first-order chi connectivity index (χ1) is 11.3. The molecule has 0 bridgehead atoms. The fraction of sp³-hybridized carbons (Fsp3) is 0.222. The van der Waals surface area contributed by atoms with Crippen LogP contribution in [0.5, 0.6) is 0 Å². The summed E-state index contributed by atoms with van der Waals surface area (Å²) in [6.45, 7) is 0.755. The largest absolute Gasteiger partial charge is 0.324 e. The van der Waals surface area contributed by atoms with Crippen LogP contribution in [0.2, 0.25) is 0 Å². The Bertz CT molecular complexity index is 832. The van der Waals surface area contributed by atoms with Gasteiger partial charge in [0.25, 0.3) is 0 Å². The summed E-state index contributed by atoms with van der Waals surface area (Å²) in [6, 6.07) is 16.4. The fourth-order valence-corrected chi connectivity index (χ4v) is 4.72. The van der Waals surface area contributed by atoms with Crippen molar-refractivity contribution in [2.45, 2.75) is 11.8 Å². The van der Waals surface area contributed by atoms with Gasteiger partial charge in [0.05, 0.1) is 17.0 Å². The average molecular weight is 340 g/mol. The van der Waals surface area contributed by atoms with Crippen molar-refractivity contribution in [1.82, 2.24) is 9.88 Å². The highest BCUT2D eigenvalue weighted by Crippen LogP contribution is 2.38. The van der Waals surface area contributed by atoms with Crippen molar-refractivity contribution in [2.75, 3.05) is 12.3 Å². The van der Waals surface area contributed by atoms with Gasteiger partial charge >= 0.3 is 0 Å². The first kappa shape index (κ1) is 14.7. The molecule has 1 unspecified atom stereocenters. The zero-order chi connectivity index (χ0) is 15.6. The number of nitrogens with zero attached hydrogens (tertiary/aromatic N) is 2. The molecule has 1 aliphatic rings. The summed E-state index contributed by atoms with van der Waals surface area (Å²) in [5.41, 5.74) is 1.97. The van der Waals surface area contributed by atoms with E-state index in [4.69, 9.17) is 4.98 Å². The van der Waals surface area contributed by atoms with E-state index in [1.807, 2.05) is 23.1 Å². The molecule has 3 heterocycles. The van der Waals surface area contributed by atoms with Crippen LogP contribution in [0.4, 0.5) is 0 Å². The smallest absolute Gasteiger partial charge is 0.233 e. The molecule has 4 rings (SSSR count). The number of rotatable bonds is 4. The summed E-state index contributed by atoms with van der Waals surface area (Å²) < 4.78 is 0. The van der Waals surface area contributed by atoms with E-state index in [0.29, 0.717) is 5.75 Å². The Morgan fingerprint density at radius 3 is 2.91 bits per heavy atom. The molecule has 0 N–H and O–H groups in total. The van der Waals surface area contributed by atoms with Crippen LogP contribution in [0.1, 0.15) is 15.9 Å².